The molecule has 2 aromatic carbocycles. The van der Waals surface area contributed by atoms with Gasteiger partial charge in [0, 0.05) is 16.3 Å². The van der Waals surface area contributed by atoms with E-state index in [1.54, 1.807) is 10.7 Å². The highest BCUT2D eigenvalue weighted by Gasteiger charge is 2.25. The number of rotatable bonds is 3. The van der Waals surface area contributed by atoms with Crippen LogP contribution in [0.25, 0.3) is 39.1 Å². The Kier molecular flexibility index (Phi) is 3.18. The summed E-state index contributed by atoms with van der Waals surface area (Å²) >= 11 is 0. The van der Waals surface area contributed by atoms with Gasteiger partial charge in [-0.15, -0.1) is 10.2 Å². The van der Waals surface area contributed by atoms with Crippen molar-refractivity contribution < 1.29 is 9.26 Å². The fourth-order valence-corrected chi connectivity index (χ4v) is 3.05. The van der Waals surface area contributed by atoms with Crippen molar-refractivity contribution in [1.82, 2.24) is 25.0 Å². The maximum absolute atomic E-state index is 5.38. The number of fused-ring (bicyclic) bond motifs is 3. The zero-order valence-corrected chi connectivity index (χ0v) is 13.8. The molecule has 0 aliphatic carbocycles. The maximum Gasteiger partial charge on any atom is 0.322 e. The Balaban J connectivity index is 1.81. The van der Waals surface area contributed by atoms with E-state index in [2.05, 4.69) is 20.5 Å². The highest BCUT2D eigenvalue weighted by molar-refractivity contribution is 5.94. The van der Waals surface area contributed by atoms with E-state index in [1.165, 1.54) is 7.11 Å². The molecule has 0 fully saturated rings. The number of aromatic nitrogens is 5. The van der Waals surface area contributed by atoms with Crippen molar-refractivity contribution in [3.8, 4) is 28.6 Å². The van der Waals surface area contributed by atoms with E-state index in [4.69, 9.17) is 9.26 Å². The number of methoxy groups -OCH3 is 1. The van der Waals surface area contributed by atoms with E-state index in [1.807, 2.05) is 54.6 Å². The Morgan fingerprint density at radius 2 is 1.77 bits per heavy atom. The lowest BCUT2D eigenvalue weighted by Crippen LogP contribution is -1.97. The molecule has 0 amide bonds. The van der Waals surface area contributed by atoms with Crippen molar-refractivity contribution in [2.75, 3.05) is 7.11 Å². The number of benzene rings is 2. The van der Waals surface area contributed by atoms with Crippen LogP contribution in [0.5, 0.6) is 5.95 Å². The molecule has 3 heterocycles. The average molecular weight is 343 g/mol. The minimum atomic E-state index is 0.271. The monoisotopic (exact) mass is 343 g/mol. The summed E-state index contributed by atoms with van der Waals surface area (Å²) in [5, 5.41) is 19.3. The molecule has 0 saturated carbocycles. The van der Waals surface area contributed by atoms with Crippen molar-refractivity contribution in [1.29, 1.82) is 0 Å². The lowest BCUT2D eigenvalue weighted by Gasteiger charge is -2.03. The number of nitrogens with zero attached hydrogens (tertiary/aromatic N) is 5. The third-order valence-corrected chi connectivity index (χ3v) is 4.27. The molecule has 0 N–H and O–H groups in total. The second kappa shape index (κ2) is 5.66. The molecule has 0 bridgehead atoms. The van der Waals surface area contributed by atoms with Crippen LogP contribution in [0.4, 0.5) is 0 Å². The molecule has 0 radical (unpaired) electrons. The Hall–Kier alpha value is -3.74. The van der Waals surface area contributed by atoms with Crippen molar-refractivity contribution in [2.45, 2.75) is 0 Å². The first-order valence-electron chi connectivity index (χ1n) is 8.05. The minimum Gasteiger partial charge on any atom is -0.467 e. The Bertz CT molecular complexity index is 1230. The zero-order valence-electron chi connectivity index (χ0n) is 13.8. The van der Waals surface area contributed by atoms with Crippen molar-refractivity contribution >= 4 is 16.4 Å². The standard InChI is InChI=1S/C19H13N5O2/c1-25-19-15(16(23-26-19)12-7-3-2-4-8-12)18-22-21-17-14-10-6-5-9-13(14)11-20-24(17)18/h2-11H,1H3. The molecule has 0 spiro atoms. The maximum atomic E-state index is 5.38. The first-order chi connectivity index (χ1) is 12.9. The third kappa shape index (κ3) is 2.07. The second-order valence-corrected chi connectivity index (χ2v) is 5.75. The van der Waals surface area contributed by atoms with Crippen molar-refractivity contribution in [3.63, 3.8) is 0 Å². The number of ether oxygens (including phenoxy) is 1. The normalized spacial score (nSPS) is 11.3. The molecule has 0 unspecified atom stereocenters. The van der Waals surface area contributed by atoms with Crippen molar-refractivity contribution in [2.24, 2.45) is 0 Å². The first kappa shape index (κ1) is 14.6. The minimum absolute atomic E-state index is 0.271. The molecule has 5 aromatic rings. The van der Waals surface area contributed by atoms with E-state index in [0.29, 0.717) is 22.7 Å². The molecule has 3 aromatic heterocycles. The lowest BCUT2D eigenvalue weighted by atomic mass is 10.1. The highest BCUT2D eigenvalue weighted by atomic mass is 16.6. The number of hydrogen-bond donors (Lipinski definition) is 0. The summed E-state index contributed by atoms with van der Waals surface area (Å²) < 4.78 is 12.4. The molecular weight excluding hydrogens is 330 g/mol. The summed E-state index contributed by atoms with van der Waals surface area (Å²) in [5.74, 6) is 0.788. The molecule has 0 atom stereocenters. The predicted octanol–water partition coefficient (Wildman–Crippen LogP) is 3.61. The van der Waals surface area contributed by atoms with Gasteiger partial charge < -0.3 is 9.26 Å². The summed E-state index contributed by atoms with van der Waals surface area (Å²) in [6.45, 7) is 0. The van der Waals surface area contributed by atoms with Gasteiger partial charge in [-0.3, -0.25) is 0 Å². The molecule has 0 saturated heterocycles. The summed E-state index contributed by atoms with van der Waals surface area (Å²) in [5.41, 5.74) is 2.81. The molecule has 5 rings (SSSR count). The van der Waals surface area contributed by atoms with Crippen LogP contribution in [0, 0.1) is 0 Å². The SMILES string of the molecule is COc1onc(-c2ccccc2)c1-c1nnc2c3ccccc3cnn12. The fourth-order valence-electron chi connectivity index (χ4n) is 3.05. The van der Waals surface area contributed by atoms with Gasteiger partial charge >= 0.3 is 5.95 Å². The van der Waals surface area contributed by atoms with Gasteiger partial charge in [0.05, 0.1) is 13.3 Å². The molecular formula is C19H13N5O2. The Morgan fingerprint density at radius 3 is 2.62 bits per heavy atom. The van der Waals surface area contributed by atoms with E-state index >= 15 is 0 Å². The average Bonchev–Trinajstić information content (AvgIpc) is 3.32. The molecule has 0 aliphatic rings. The topological polar surface area (TPSA) is 78.3 Å². The van der Waals surface area contributed by atoms with E-state index in [-0.39, 0.29) is 5.95 Å². The van der Waals surface area contributed by atoms with Gasteiger partial charge in [-0.05, 0) is 0 Å². The van der Waals surface area contributed by atoms with Gasteiger partial charge in [0.25, 0.3) is 0 Å². The Labute approximate surface area is 147 Å². The van der Waals surface area contributed by atoms with Crippen LogP contribution in [0.2, 0.25) is 0 Å². The third-order valence-electron chi connectivity index (χ3n) is 4.27. The van der Waals surface area contributed by atoms with Crippen LogP contribution in [-0.2, 0) is 0 Å². The molecule has 0 aliphatic heterocycles. The van der Waals surface area contributed by atoms with Crippen LogP contribution in [-0.4, -0.2) is 32.1 Å². The fraction of sp³-hybridized carbons (Fsp3) is 0.0526. The zero-order chi connectivity index (χ0) is 17.5. The van der Waals surface area contributed by atoms with Gasteiger partial charge in [-0.1, -0.05) is 59.8 Å². The Morgan fingerprint density at radius 1 is 0.962 bits per heavy atom. The largest absolute Gasteiger partial charge is 0.467 e. The summed E-state index contributed by atoms with van der Waals surface area (Å²) in [4.78, 5) is 0. The van der Waals surface area contributed by atoms with E-state index in [9.17, 15) is 0 Å². The van der Waals surface area contributed by atoms with Crippen LogP contribution in [0.1, 0.15) is 0 Å². The molecule has 7 nitrogen and oxygen atoms in total. The second-order valence-electron chi connectivity index (χ2n) is 5.75. The number of hydrogen-bond acceptors (Lipinski definition) is 6. The molecule has 7 heteroatoms. The lowest BCUT2D eigenvalue weighted by molar-refractivity contribution is 0.262. The summed E-state index contributed by atoms with van der Waals surface area (Å²) in [6, 6.07) is 17.6. The van der Waals surface area contributed by atoms with Gasteiger partial charge in [0.15, 0.2) is 11.5 Å². The van der Waals surface area contributed by atoms with Crippen molar-refractivity contribution in [3.05, 3.63) is 60.8 Å². The van der Waals surface area contributed by atoms with E-state index < -0.39 is 0 Å². The molecule has 26 heavy (non-hydrogen) atoms. The van der Waals surface area contributed by atoms with Gasteiger partial charge in [-0.2, -0.15) is 9.61 Å². The quantitative estimate of drug-likeness (QED) is 0.498. The summed E-state index contributed by atoms with van der Waals surface area (Å²) in [6.07, 6.45) is 1.79. The van der Waals surface area contributed by atoms with Crippen LogP contribution < -0.4 is 4.74 Å². The van der Waals surface area contributed by atoms with Crippen LogP contribution >= 0.6 is 0 Å². The van der Waals surface area contributed by atoms with E-state index in [0.717, 1.165) is 16.3 Å². The van der Waals surface area contributed by atoms with Crippen LogP contribution in [0.15, 0.2) is 65.3 Å². The predicted molar refractivity (Wildman–Crippen MR) is 95.8 cm³/mol. The highest BCUT2D eigenvalue weighted by Crippen LogP contribution is 2.38. The van der Waals surface area contributed by atoms with Gasteiger partial charge in [-0.25, -0.2) is 0 Å². The molecule has 126 valence electrons. The van der Waals surface area contributed by atoms with Gasteiger partial charge in [0.1, 0.15) is 11.3 Å². The smallest absolute Gasteiger partial charge is 0.322 e. The van der Waals surface area contributed by atoms with Crippen LogP contribution in [0.3, 0.4) is 0 Å². The summed E-state index contributed by atoms with van der Waals surface area (Å²) in [7, 11) is 1.53. The van der Waals surface area contributed by atoms with Gasteiger partial charge in [0.2, 0.25) is 0 Å². The first-order valence-corrected chi connectivity index (χ1v) is 8.05.